The molecule has 1 saturated carbocycles. The second-order valence-electron chi connectivity index (χ2n) is 4.78. The van der Waals surface area contributed by atoms with Crippen LogP contribution in [0, 0.1) is 0 Å². The fourth-order valence-electron chi connectivity index (χ4n) is 2.38. The lowest BCUT2D eigenvalue weighted by molar-refractivity contribution is 0.00412. The minimum absolute atomic E-state index is 0.0272. The van der Waals surface area contributed by atoms with Crippen LogP contribution >= 0.6 is 11.6 Å². The Kier molecular flexibility index (Phi) is 3.85. The Labute approximate surface area is 107 Å². The molecule has 1 aromatic rings. The number of ketones is 1. The number of benzene rings is 1. The molecule has 2 atom stereocenters. The fourth-order valence-corrected chi connectivity index (χ4v) is 2.72. The van der Waals surface area contributed by atoms with Crippen LogP contribution in [0.5, 0.6) is 0 Å². The summed E-state index contributed by atoms with van der Waals surface area (Å²) in [7, 11) is 0. The maximum absolute atomic E-state index is 12.0. The van der Waals surface area contributed by atoms with Crippen LogP contribution in [0.2, 0.25) is 0 Å². The van der Waals surface area contributed by atoms with Gasteiger partial charge in [-0.25, -0.2) is 0 Å². The molecule has 3 heteroatoms. The first-order valence-electron chi connectivity index (χ1n) is 6.06. The lowest BCUT2D eigenvalue weighted by atomic mass is 9.80. The Morgan fingerprint density at radius 1 is 1.35 bits per heavy atom. The van der Waals surface area contributed by atoms with Gasteiger partial charge >= 0.3 is 0 Å². The van der Waals surface area contributed by atoms with Crippen molar-refractivity contribution in [1.29, 1.82) is 0 Å². The minimum Gasteiger partial charge on any atom is -0.388 e. The van der Waals surface area contributed by atoms with Crippen LogP contribution in [0.3, 0.4) is 0 Å². The molecule has 1 N–H and O–H groups in total. The van der Waals surface area contributed by atoms with Gasteiger partial charge in [-0.05, 0) is 12.8 Å². The summed E-state index contributed by atoms with van der Waals surface area (Å²) in [4.78, 5) is 12.0. The zero-order chi connectivity index (χ0) is 12.3. The summed E-state index contributed by atoms with van der Waals surface area (Å²) in [6.07, 6.45) is 3.53. The van der Waals surface area contributed by atoms with Gasteiger partial charge in [0.05, 0.1) is 11.0 Å². The van der Waals surface area contributed by atoms with Gasteiger partial charge in [-0.2, -0.15) is 0 Å². The Balaban J connectivity index is 2.07. The van der Waals surface area contributed by atoms with Gasteiger partial charge in [-0.1, -0.05) is 43.2 Å². The van der Waals surface area contributed by atoms with E-state index in [1.807, 2.05) is 18.2 Å². The summed E-state index contributed by atoms with van der Waals surface area (Å²) in [5, 5.41) is 10.1. The predicted molar refractivity (Wildman–Crippen MR) is 68.4 cm³/mol. The van der Waals surface area contributed by atoms with Gasteiger partial charge in [-0.15, -0.1) is 11.6 Å². The maximum atomic E-state index is 12.0. The van der Waals surface area contributed by atoms with Gasteiger partial charge in [0, 0.05) is 12.0 Å². The van der Waals surface area contributed by atoms with Gasteiger partial charge in [0.2, 0.25) is 0 Å². The Bertz CT molecular complexity index is 390. The standard InChI is InChI=1S/C14H17ClO2/c15-13-8-4-5-9-14(13,17)10-12(16)11-6-2-1-3-7-11/h1-3,6-7,13,17H,4-5,8-10H2. The first-order chi connectivity index (χ1) is 8.12. The molecule has 1 aliphatic carbocycles. The van der Waals surface area contributed by atoms with Crippen LogP contribution in [0.25, 0.3) is 0 Å². The first-order valence-corrected chi connectivity index (χ1v) is 6.50. The van der Waals surface area contributed by atoms with E-state index in [1.54, 1.807) is 12.1 Å². The molecule has 0 saturated heterocycles. The molecule has 0 aromatic heterocycles. The number of alkyl halides is 1. The molecule has 0 heterocycles. The monoisotopic (exact) mass is 252 g/mol. The van der Waals surface area contributed by atoms with Crippen LogP contribution in [0.1, 0.15) is 42.5 Å². The fraction of sp³-hybridized carbons (Fsp3) is 0.500. The normalized spacial score (nSPS) is 28.9. The summed E-state index contributed by atoms with van der Waals surface area (Å²) >= 11 is 6.15. The van der Waals surface area contributed by atoms with E-state index in [0.29, 0.717) is 12.0 Å². The number of rotatable bonds is 3. The molecular formula is C14H17ClO2. The third-order valence-electron chi connectivity index (χ3n) is 3.46. The molecule has 0 bridgehead atoms. The van der Waals surface area contributed by atoms with E-state index in [0.717, 1.165) is 19.3 Å². The van der Waals surface area contributed by atoms with Crippen LogP contribution in [-0.2, 0) is 0 Å². The number of aliphatic hydroxyl groups is 1. The quantitative estimate of drug-likeness (QED) is 0.663. The average Bonchev–Trinajstić information content (AvgIpc) is 2.34. The second kappa shape index (κ2) is 5.19. The van der Waals surface area contributed by atoms with Crippen molar-refractivity contribution in [2.75, 3.05) is 0 Å². The average molecular weight is 253 g/mol. The van der Waals surface area contributed by atoms with E-state index in [2.05, 4.69) is 0 Å². The number of carbonyl (C=O) groups excluding carboxylic acids is 1. The third-order valence-corrected chi connectivity index (χ3v) is 4.09. The van der Waals surface area contributed by atoms with Gasteiger partial charge in [0.1, 0.15) is 0 Å². The number of Topliss-reactive ketones (excluding diaryl/α,β-unsaturated/α-hetero) is 1. The largest absolute Gasteiger partial charge is 0.388 e. The molecule has 0 radical (unpaired) electrons. The van der Waals surface area contributed by atoms with Crippen molar-refractivity contribution < 1.29 is 9.90 Å². The summed E-state index contributed by atoms with van der Waals surface area (Å²) in [5.41, 5.74) is -0.373. The third kappa shape index (κ3) is 2.88. The zero-order valence-corrected chi connectivity index (χ0v) is 10.5. The van der Waals surface area contributed by atoms with E-state index in [1.165, 1.54) is 0 Å². The zero-order valence-electron chi connectivity index (χ0n) is 9.73. The highest BCUT2D eigenvalue weighted by atomic mass is 35.5. The molecule has 1 aromatic carbocycles. The summed E-state index contributed by atoms with van der Waals surface area (Å²) in [6.45, 7) is 0. The van der Waals surface area contributed by atoms with Crippen LogP contribution in [0.4, 0.5) is 0 Å². The lowest BCUT2D eigenvalue weighted by Gasteiger charge is -2.36. The van der Waals surface area contributed by atoms with Gasteiger partial charge in [-0.3, -0.25) is 4.79 Å². The van der Waals surface area contributed by atoms with Crippen LogP contribution < -0.4 is 0 Å². The predicted octanol–water partition coefficient (Wildman–Crippen LogP) is 3.17. The van der Waals surface area contributed by atoms with Crippen molar-refractivity contribution in [3.63, 3.8) is 0 Å². The molecule has 92 valence electrons. The van der Waals surface area contributed by atoms with Crippen molar-refractivity contribution in [2.45, 2.75) is 43.1 Å². The Morgan fingerprint density at radius 2 is 2.06 bits per heavy atom. The van der Waals surface area contributed by atoms with E-state index in [-0.39, 0.29) is 17.6 Å². The van der Waals surface area contributed by atoms with Crippen molar-refractivity contribution >= 4 is 17.4 Å². The first kappa shape index (κ1) is 12.6. The van der Waals surface area contributed by atoms with Gasteiger partial charge in [0.25, 0.3) is 0 Å². The maximum Gasteiger partial charge on any atom is 0.165 e. The van der Waals surface area contributed by atoms with E-state index in [9.17, 15) is 9.90 Å². The van der Waals surface area contributed by atoms with Gasteiger partial charge < -0.3 is 5.11 Å². The van der Waals surface area contributed by atoms with E-state index >= 15 is 0 Å². The molecule has 0 aliphatic heterocycles. The number of halogens is 1. The van der Waals surface area contributed by atoms with Crippen molar-refractivity contribution in [2.24, 2.45) is 0 Å². The Morgan fingerprint density at radius 3 is 2.71 bits per heavy atom. The molecular weight excluding hydrogens is 236 g/mol. The highest BCUT2D eigenvalue weighted by molar-refractivity contribution is 6.21. The summed E-state index contributed by atoms with van der Waals surface area (Å²) in [5.74, 6) is -0.0272. The molecule has 0 spiro atoms. The van der Waals surface area contributed by atoms with Crippen LogP contribution in [-0.4, -0.2) is 21.9 Å². The SMILES string of the molecule is O=C(CC1(O)CCCCC1Cl)c1ccccc1. The summed E-state index contributed by atoms with van der Waals surface area (Å²) < 4.78 is 0. The molecule has 1 aliphatic rings. The molecule has 2 rings (SSSR count). The van der Waals surface area contributed by atoms with E-state index in [4.69, 9.17) is 11.6 Å². The second-order valence-corrected chi connectivity index (χ2v) is 5.31. The van der Waals surface area contributed by atoms with Crippen molar-refractivity contribution in [3.8, 4) is 0 Å². The minimum atomic E-state index is -1.02. The smallest absolute Gasteiger partial charge is 0.165 e. The molecule has 17 heavy (non-hydrogen) atoms. The van der Waals surface area contributed by atoms with Crippen molar-refractivity contribution in [3.05, 3.63) is 35.9 Å². The number of carbonyl (C=O) groups is 1. The molecule has 0 amide bonds. The van der Waals surface area contributed by atoms with Crippen molar-refractivity contribution in [1.82, 2.24) is 0 Å². The van der Waals surface area contributed by atoms with Crippen LogP contribution in [0.15, 0.2) is 30.3 Å². The highest BCUT2D eigenvalue weighted by Gasteiger charge is 2.39. The lowest BCUT2D eigenvalue weighted by Crippen LogP contribution is -2.43. The highest BCUT2D eigenvalue weighted by Crippen LogP contribution is 2.35. The van der Waals surface area contributed by atoms with Gasteiger partial charge in [0.15, 0.2) is 5.78 Å². The topological polar surface area (TPSA) is 37.3 Å². The van der Waals surface area contributed by atoms with E-state index < -0.39 is 5.60 Å². The number of hydrogen-bond acceptors (Lipinski definition) is 2. The molecule has 2 nitrogen and oxygen atoms in total. The number of hydrogen-bond donors (Lipinski definition) is 1. The summed E-state index contributed by atoms with van der Waals surface area (Å²) in [6, 6.07) is 9.08. The molecule has 2 unspecified atom stereocenters. The Hall–Kier alpha value is -0.860. The molecule has 1 fully saturated rings.